The summed E-state index contributed by atoms with van der Waals surface area (Å²) in [7, 11) is 0. The van der Waals surface area contributed by atoms with Gasteiger partial charge in [-0.15, -0.1) is 0 Å². The first-order valence-electron chi connectivity index (χ1n) is 7.20. The molecule has 3 nitrogen and oxygen atoms in total. The van der Waals surface area contributed by atoms with Crippen molar-refractivity contribution in [1.82, 2.24) is 4.90 Å². The Morgan fingerprint density at radius 1 is 1.35 bits per heavy atom. The van der Waals surface area contributed by atoms with Gasteiger partial charge in [0.1, 0.15) is 6.61 Å². The molecule has 1 heterocycles. The first-order chi connectivity index (χ1) is 9.53. The molecule has 0 radical (unpaired) electrons. The highest BCUT2D eigenvalue weighted by Crippen LogP contribution is 2.22. The van der Waals surface area contributed by atoms with Crippen LogP contribution in [0.25, 0.3) is 6.08 Å². The summed E-state index contributed by atoms with van der Waals surface area (Å²) in [6, 6.07) is 8.36. The van der Waals surface area contributed by atoms with Crippen LogP contribution in [0.2, 0.25) is 0 Å². The predicted octanol–water partition coefficient (Wildman–Crippen LogP) is 3.45. The molecule has 2 rings (SSSR count). The van der Waals surface area contributed by atoms with E-state index in [9.17, 15) is 4.79 Å². The van der Waals surface area contributed by atoms with Gasteiger partial charge in [-0.1, -0.05) is 31.2 Å². The van der Waals surface area contributed by atoms with Crippen molar-refractivity contribution in [3.8, 4) is 0 Å². The van der Waals surface area contributed by atoms with E-state index in [1.807, 2.05) is 26.8 Å². The van der Waals surface area contributed by atoms with Crippen molar-refractivity contribution in [2.24, 2.45) is 5.41 Å². The summed E-state index contributed by atoms with van der Waals surface area (Å²) in [4.78, 5) is 14.1. The zero-order chi connectivity index (χ0) is 14.6. The third-order valence-electron chi connectivity index (χ3n) is 3.94. The molecule has 1 aromatic rings. The summed E-state index contributed by atoms with van der Waals surface area (Å²) in [6.07, 6.45) is 4.97. The topological polar surface area (TPSA) is 29.5 Å². The van der Waals surface area contributed by atoms with Gasteiger partial charge in [-0.05, 0) is 37.5 Å². The SMILES string of the molecule is CCC(C)(C)C(=O)OCCN1C=Cc2ccccc2C1. The molecule has 0 amide bonds. The Hall–Kier alpha value is -1.77. The predicted molar refractivity (Wildman–Crippen MR) is 80.9 cm³/mol. The number of benzene rings is 1. The van der Waals surface area contributed by atoms with Crippen LogP contribution in [0.1, 0.15) is 38.3 Å². The third kappa shape index (κ3) is 3.41. The Morgan fingerprint density at radius 2 is 2.10 bits per heavy atom. The minimum atomic E-state index is -0.385. The van der Waals surface area contributed by atoms with E-state index in [-0.39, 0.29) is 11.4 Å². The van der Waals surface area contributed by atoms with Crippen molar-refractivity contribution in [3.05, 3.63) is 41.6 Å². The largest absolute Gasteiger partial charge is 0.463 e. The molecular formula is C17H23NO2. The normalized spacial score (nSPS) is 14.1. The highest BCUT2D eigenvalue weighted by molar-refractivity contribution is 5.75. The van der Waals surface area contributed by atoms with Gasteiger partial charge in [0.25, 0.3) is 0 Å². The van der Waals surface area contributed by atoms with Crippen LogP contribution in [0.15, 0.2) is 30.5 Å². The molecule has 0 N–H and O–H groups in total. The molecule has 1 aromatic carbocycles. The fraction of sp³-hybridized carbons (Fsp3) is 0.471. The Kier molecular flexibility index (Phi) is 4.48. The molecule has 0 aromatic heterocycles. The Bertz CT molecular complexity index is 505. The lowest BCUT2D eigenvalue weighted by Gasteiger charge is -2.26. The minimum Gasteiger partial charge on any atom is -0.463 e. The number of nitrogens with zero attached hydrogens (tertiary/aromatic N) is 1. The van der Waals surface area contributed by atoms with Gasteiger partial charge in [-0.2, -0.15) is 0 Å². The van der Waals surface area contributed by atoms with E-state index in [4.69, 9.17) is 4.74 Å². The maximum atomic E-state index is 11.9. The van der Waals surface area contributed by atoms with E-state index >= 15 is 0 Å². The van der Waals surface area contributed by atoms with Crippen LogP contribution in [-0.2, 0) is 16.1 Å². The summed E-state index contributed by atoms with van der Waals surface area (Å²) in [5, 5.41) is 0. The summed E-state index contributed by atoms with van der Waals surface area (Å²) in [6.45, 7) is 7.90. The highest BCUT2D eigenvalue weighted by atomic mass is 16.5. The van der Waals surface area contributed by atoms with Gasteiger partial charge in [0.05, 0.1) is 12.0 Å². The summed E-state index contributed by atoms with van der Waals surface area (Å²) in [5.74, 6) is -0.110. The molecular weight excluding hydrogens is 250 g/mol. The molecule has 0 fully saturated rings. The maximum absolute atomic E-state index is 11.9. The van der Waals surface area contributed by atoms with Crippen LogP contribution in [0.3, 0.4) is 0 Å². The molecule has 0 saturated carbocycles. The number of carbonyl (C=O) groups is 1. The Labute approximate surface area is 121 Å². The number of hydrogen-bond donors (Lipinski definition) is 0. The van der Waals surface area contributed by atoms with Crippen molar-refractivity contribution in [3.63, 3.8) is 0 Å². The smallest absolute Gasteiger partial charge is 0.311 e. The number of esters is 1. The standard InChI is InChI=1S/C17H23NO2/c1-4-17(2,3)16(19)20-12-11-18-10-9-14-7-5-6-8-15(14)13-18/h5-10H,4,11-13H2,1-3H3. The number of ether oxygens (including phenoxy) is 1. The second-order valence-corrected chi connectivity index (χ2v) is 5.86. The second-order valence-electron chi connectivity index (χ2n) is 5.86. The van der Waals surface area contributed by atoms with E-state index in [0.29, 0.717) is 6.61 Å². The van der Waals surface area contributed by atoms with E-state index in [2.05, 4.69) is 35.4 Å². The highest BCUT2D eigenvalue weighted by Gasteiger charge is 2.26. The molecule has 3 heteroatoms. The van der Waals surface area contributed by atoms with Crippen LogP contribution >= 0.6 is 0 Å². The molecule has 1 aliphatic heterocycles. The number of hydrogen-bond acceptors (Lipinski definition) is 3. The van der Waals surface area contributed by atoms with Crippen LogP contribution in [-0.4, -0.2) is 24.0 Å². The average molecular weight is 273 g/mol. The van der Waals surface area contributed by atoms with Crippen molar-refractivity contribution in [2.45, 2.75) is 33.7 Å². The van der Waals surface area contributed by atoms with Crippen molar-refractivity contribution in [1.29, 1.82) is 0 Å². The molecule has 0 spiro atoms. The Morgan fingerprint density at radius 3 is 2.85 bits per heavy atom. The van der Waals surface area contributed by atoms with Crippen LogP contribution < -0.4 is 0 Å². The molecule has 108 valence electrons. The van der Waals surface area contributed by atoms with Gasteiger partial charge in [0.15, 0.2) is 0 Å². The van der Waals surface area contributed by atoms with Crippen molar-refractivity contribution < 1.29 is 9.53 Å². The van der Waals surface area contributed by atoms with Gasteiger partial charge in [0.2, 0.25) is 0 Å². The molecule has 1 aliphatic rings. The minimum absolute atomic E-state index is 0.110. The van der Waals surface area contributed by atoms with Gasteiger partial charge in [-0.3, -0.25) is 4.79 Å². The van der Waals surface area contributed by atoms with E-state index < -0.39 is 0 Å². The number of rotatable bonds is 5. The van der Waals surface area contributed by atoms with Crippen LogP contribution in [0.4, 0.5) is 0 Å². The second kappa shape index (κ2) is 6.12. The number of fused-ring (bicyclic) bond motifs is 1. The van der Waals surface area contributed by atoms with E-state index in [0.717, 1.165) is 19.5 Å². The molecule has 0 bridgehead atoms. The van der Waals surface area contributed by atoms with Crippen LogP contribution in [0.5, 0.6) is 0 Å². The zero-order valence-electron chi connectivity index (χ0n) is 12.6. The van der Waals surface area contributed by atoms with Crippen molar-refractivity contribution >= 4 is 12.0 Å². The Balaban J connectivity index is 1.81. The molecule has 0 atom stereocenters. The molecule has 0 unspecified atom stereocenters. The fourth-order valence-electron chi connectivity index (χ4n) is 2.05. The van der Waals surface area contributed by atoms with Gasteiger partial charge >= 0.3 is 5.97 Å². The average Bonchev–Trinajstić information content (AvgIpc) is 2.47. The molecule has 20 heavy (non-hydrogen) atoms. The zero-order valence-corrected chi connectivity index (χ0v) is 12.6. The lowest BCUT2D eigenvalue weighted by molar-refractivity contribution is -0.154. The monoisotopic (exact) mass is 273 g/mol. The van der Waals surface area contributed by atoms with Gasteiger partial charge < -0.3 is 9.64 Å². The first-order valence-corrected chi connectivity index (χ1v) is 7.20. The fourth-order valence-corrected chi connectivity index (χ4v) is 2.05. The lowest BCUT2D eigenvalue weighted by Crippen LogP contribution is -2.30. The molecule has 0 saturated heterocycles. The van der Waals surface area contributed by atoms with E-state index in [1.165, 1.54) is 11.1 Å². The van der Waals surface area contributed by atoms with Gasteiger partial charge in [-0.25, -0.2) is 0 Å². The quantitative estimate of drug-likeness (QED) is 0.770. The number of carbonyl (C=O) groups excluding carboxylic acids is 1. The summed E-state index contributed by atoms with van der Waals surface area (Å²) >= 11 is 0. The van der Waals surface area contributed by atoms with E-state index in [1.54, 1.807) is 0 Å². The van der Waals surface area contributed by atoms with Gasteiger partial charge in [0, 0.05) is 12.7 Å². The first kappa shape index (κ1) is 14.6. The molecule has 0 aliphatic carbocycles. The van der Waals surface area contributed by atoms with Crippen LogP contribution in [0, 0.1) is 5.41 Å². The summed E-state index contributed by atoms with van der Waals surface area (Å²) in [5.41, 5.74) is 2.20. The lowest BCUT2D eigenvalue weighted by atomic mass is 9.91. The third-order valence-corrected chi connectivity index (χ3v) is 3.94. The summed E-state index contributed by atoms with van der Waals surface area (Å²) < 4.78 is 5.37. The maximum Gasteiger partial charge on any atom is 0.311 e. The van der Waals surface area contributed by atoms with Crippen molar-refractivity contribution in [2.75, 3.05) is 13.2 Å².